The second-order valence-electron chi connectivity index (χ2n) is 4.19. The van der Waals surface area contributed by atoms with Crippen molar-refractivity contribution in [3.8, 4) is 0 Å². The molecule has 0 radical (unpaired) electrons. The average Bonchev–Trinajstić information content (AvgIpc) is 2.54. The quantitative estimate of drug-likeness (QED) is 0.711. The highest BCUT2D eigenvalue weighted by Gasteiger charge is 2.34. The first-order valence-corrected chi connectivity index (χ1v) is 4.64. The van der Waals surface area contributed by atoms with E-state index in [-0.39, 0.29) is 5.54 Å². The molecule has 0 spiro atoms. The highest BCUT2D eigenvalue weighted by Crippen LogP contribution is 2.25. The Balaban J connectivity index is 2.70. The van der Waals surface area contributed by atoms with E-state index < -0.39 is 6.10 Å². The predicted octanol–water partition coefficient (Wildman–Crippen LogP) is 0.992. The van der Waals surface area contributed by atoms with Gasteiger partial charge in [-0.15, -0.1) is 0 Å². The Hall–Kier alpha value is -0.540. The standard InChI is InChI=1S/C10H19NO2/c1-10(2,11(3)4)9(12)8-6-5-7-13-8/h6,9,12H,5,7H2,1-4H3. The number of rotatable bonds is 3. The molecule has 3 heteroatoms. The Morgan fingerprint density at radius 3 is 2.54 bits per heavy atom. The van der Waals surface area contributed by atoms with Gasteiger partial charge in [0.1, 0.15) is 11.9 Å². The van der Waals surface area contributed by atoms with E-state index in [0.29, 0.717) is 6.61 Å². The van der Waals surface area contributed by atoms with Crippen molar-refractivity contribution in [1.29, 1.82) is 0 Å². The summed E-state index contributed by atoms with van der Waals surface area (Å²) in [5.74, 6) is 0.721. The number of nitrogens with zero attached hydrogens (tertiary/aromatic N) is 1. The summed E-state index contributed by atoms with van der Waals surface area (Å²) in [7, 11) is 3.91. The van der Waals surface area contributed by atoms with Gasteiger partial charge in [-0.05, 0) is 34.0 Å². The first-order valence-electron chi connectivity index (χ1n) is 4.64. The molecule has 1 N–H and O–H groups in total. The van der Waals surface area contributed by atoms with Gasteiger partial charge >= 0.3 is 0 Å². The summed E-state index contributed by atoms with van der Waals surface area (Å²) in [6.07, 6.45) is 2.34. The third-order valence-corrected chi connectivity index (χ3v) is 2.82. The van der Waals surface area contributed by atoms with Crippen LogP contribution in [0.5, 0.6) is 0 Å². The summed E-state index contributed by atoms with van der Waals surface area (Å²) >= 11 is 0. The molecule has 0 saturated carbocycles. The summed E-state index contributed by atoms with van der Waals surface area (Å²) in [4.78, 5) is 2.00. The van der Waals surface area contributed by atoms with Crippen LogP contribution in [0.15, 0.2) is 11.8 Å². The molecule has 13 heavy (non-hydrogen) atoms. The van der Waals surface area contributed by atoms with E-state index in [0.717, 1.165) is 12.2 Å². The molecule has 76 valence electrons. The van der Waals surface area contributed by atoms with Gasteiger partial charge in [-0.1, -0.05) is 0 Å². The molecule has 1 unspecified atom stereocenters. The van der Waals surface area contributed by atoms with Gasteiger partial charge < -0.3 is 14.7 Å². The van der Waals surface area contributed by atoms with Crippen LogP contribution in [-0.4, -0.2) is 42.4 Å². The van der Waals surface area contributed by atoms with Crippen LogP contribution in [0.3, 0.4) is 0 Å². The Bertz CT molecular complexity index is 209. The van der Waals surface area contributed by atoms with Crippen LogP contribution >= 0.6 is 0 Å². The summed E-state index contributed by atoms with van der Waals surface area (Å²) in [6.45, 7) is 4.70. The maximum absolute atomic E-state index is 10.0. The summed E-state index contributed by atoms with van der Waals surface area (Å²) in [5, 5.41) is 10.0. The van der Waals surface area contributed by atoms with Crippen LogP contribution in [0.2, 0.25) is 0 Å². The lowest BCUT2D eigenvalue weighted by Gasteiger charge is -2.37. The van der Waals surface area contributed by atoms with Gasteiger partial charge in [0, 0.05) is 12.0 Å². The molecule has 0 aliphatic carbocycles. The van der Waals surface area contributed by atoms with E-state index in [9.17, 15) is 5.11 Å². The summed E-state index contributed by atoms with van der Waals surface area (Å²) in [5.41, 5.74) is -0.282. The molecular weight excluding hydrogens is 166 g/mol. The lowest BCUT2D eigenvalue weighted by atomic mass is 9.94. The molecule has 0 aromatic rings. The van der Waals surface area contributed by atoms with Crippen molar-refractivity contribution >= 4 is 0 Å². The number of hydrogen-bond acceptors (Lipinski definition) is 3. The first kappa shape index (κ1) is 10.5. The highest BCUT2D eigenvalue weighted by molar-refractivity contribution is 5.10. The van der Waals surface area contributed by atoms with E-state index in [2.05, 4.69) is 0 Å². The molecule has 3 nitrogen and oxygen atoms in total. The Morgan fingerprint density at radius 2 is 2.15 bits per heavy atom. The van der Waals surface area contributed by atoms with Crippen LogP contribution in [-0.2, 0) is 4.74 Å². The fraction of sp³-hybridized carbons (Fsp3) is 0.800. The number of aliphatic hydroxyl groups excluding tert-OH is 1. The van der Waals surface area contributed by atoms with Crippen molar-refractivity contribution in [3.05, 3.63) is 11.8 Å². The maximum atomic E-state index is 10.0. The van der Waals surface area contributed by atoms with Crippen LogP contribution in [0, 0.1) is 0 Å². The van der Waals surface area contributed by atoms with Gasteiger partial charge in [0.05, 0.1) is 6.61 Å². The van der Waals surface area contributed by atoms with Crippen molar-refractivity contribution in [2.24, 2.45) is 0 Å². The predicted molar refractivity (Wildman–Crippen MR) is 52.4 cm³/mol. The normalized spacial score (nSPS) is 20.0. The average molecular weight is 185 g/mol. The molecule has 0 aromatic carbocycles. The van der Waals surface area contributed by atoms with Gasteiger partial charge in [0.2, 0.25) is 0 Å². The van der Waals surface area contributed by atoms with E-state index in [1.165, 1.54) is 0 Å². The number of aliphatic hydroxyl groups is 1. The molecular formula is C10H19NO2. The zero-order valence-electron chi connectivity index (χ0n) is 8.87. The Kier molecular flexibility index (Phi) is 2.98. The smallest absolute Gasteiger partial charge is 0.128 e. The number of likely N-dealkylation sites (N-methyl/N-ethyl adjacent to an activating group) is 1. The lowest BCUT2D eigenvalue weighted by molar-refractivity contribution is 0.00644. The van der Waals surface area contributed by atoms with Gasteiger partial charge in [-0.2, -0.15) is 0 Å². The third kappa shape index (κ3) is 2.03. The van der Waals surface area contributed by atoms with Crippen molar-refractivity contribution in [1.82, 2.24) is 4.90 Å². The Labute approximate surface area is 80.0 Å². The highest BCUT2D eigenvalue weighted by atomic mass is 16.5. The van der Waals surface area contributed by atoms with Crippen LogP contribution in [0.4, 0.5) is 0 Å². The van der Waals surface area contributed by atoms with Crippen molar-refractivity contribution in [2.45, 2.75) is 31.9 Å². The zero-order valence-corrected chi connectivity index (χ0v) is 8.87. The van der Waals surface area contributed by atoms with Crippen molar-refractivity contribution in [3.63, 3.8) is 0 Å². The summed E-state index contributed by atoms with van der Waals surface area (Å²) in [6, 6.07) is 0. The van der Waals surface area contributed by atoms with Crippen molar-refractivity contribution in [2.75, 3.05) is 20.7 Å². The molecule has 1 atom stereocenters. The fourth-order valence-corrected chi connectivity index (χ4v) is 1.22. The molecule has 0 amide bonds. The zero-order chi connectivity index (χ0) is 10.1. The van der Waals surface area contributed by atoms with Gasteiger partial charge in [0.15, 0.2) is 0 Å². The van der Waals surface area contributed by atoms with E-state index in [4.69, 9.17) is 4.74 Å². The Morgan fingerprint density at radius 1 is 1.54 bits per heavy atom. The molecule has 1 rings (SSSR count). The van der Waals surface area contributed by atoms with E-state index in [1.807, 2.05) is 38.9 Å². The first-order chi connectivity index (χ1) is 5.96. The largest absolute Gasteiger partial charge is 0.495 e. The minimum atomic E-state index is -0.537. The molecule has 0 aromatic heterocycles. The third-order valence-electron chi connectivity index (χ3n) is 2.82. The minimum absolute atomic E-state index is 0.282. The fourth-order valence-electron chi connectivity index (χ4n) is 1.22. The molecule has 0 saturated heterocycles. The van der Waals surface area contributed by atoms with E-state index >= 15 is 0 Å². The SMILES string of the molecule is CN(C)C(C)(C)C(O)C1=CCCO1. The van der Waals surface area contributed by atoms with Gasteiger partial charge in [0.25, 0.3) is 0 Å². The van der Waals surface area contributed by atoms with Crippen LogP contribution in [0.1, 0.15) is 20.3 Å². The lowest BCUT2D eigenvalue weighted by Crippen LogP contribution is -2.49. The molecule has 1 heterocycles. The molecule has 1 aliphatic rings. The van der Waals surface area contributed by atoms with Crippen LogP contribution < -0.4 is 0 Å². The molecule has 0 fully saturated rings. The monoisotopic (exact) mass is 185 g/mol. The minimum Gasteiger partial charge on any atom is -0.495 e. The molecule has 0 bridgehead atoms. The second kappa shape index (κ2) is 3.68. The van der Waals surface area contributed by atoms with Gasteiger partial charge in [-0.3, -0.25) is 0 Å². The van der Waals surface area contributed by atoms with Crippen LogP contribution in [0.25, 0.3) is 0 Å². The van der Waals surface area contributed by atoms with Crippen molar-refractivity contribution < 1.29 is 9.84 Å². The maximum Gasteiger partial charge on any atom is 0.128 e. The van der Waals surface area contributed by atoms with E-state index in [1.54, 1.807) is 0 Å². The summed E-state index contributed by atoms with van der Waals surface area (Å²) < 4.78 is 5.34. The number of hydrogen-bond donors (Lipinski definition) is 1. The topological polar surface area (TPSA) is 32.7 Å². The molecule has 1 aliphatic heterocycles. The number of ether oxygens (including phenoxy) is 1. The van der Waals surface area contributed by atoms with Gasteiger partial charge in [-0.25, -0.2) is 0 Å². The second-order valence-corrected chi connectivity index (χ2v) is 4.19.